The van der Waals surface area contributed by atoms with Crippen LogP contribution in [0.5, 0.6) is 0 Å². The monoisotopic (exact) mass is 363 g/mol. The number of carbonyl (C=O) groups is 1. The second kappa shape index (κ2) is 6.59. The Hall–Kier alpha value is -2.06. The fourth-order valence-electron chi connectivity index (χ4n) is 1.79. The molecule has 1 amide bonds. The molecule has 0 bridgehead atoms. The van der Waals surface area contributed by atoms with Gasteiger partial charge in [0.2, 0.25) is 5.91 Å². The Balaban J connectivity index is 2.20. The SMILES string of the molecule is O=C(Cc1cccc(F)c1F)NS(=O)(=O)c1ccc(Cl)cc1F. The van der Waals surface area contributed by atoms with E-state index in [1.807, 2.05) is 0 Å². The first-order chi connectivity index (χ1) is 10.7. The van der Waals surface area contributed by atoms with Crippen molar-refractivity contribution in [3.8, 4) is 0 Å². The van der Waals surface area contributed by atoms with Gasteiger partial charge in [0.15, 0.2) is 11.6 Å². The second-order valence-corrected chi connectivity index (χ2v) is 6.58. The zero-order valence-corrected chi connectivity index (χ0v) is 12.9. The molecule has 0 unspecified atom stereocenters. The lowest BCUT2D eigenvalue weighted by atomic mass is 10.1. The fourth-order valence-corrected chi connectivity index (χ4v) is 3.00. The van der Waals surface area contributed by atoms with Gasteiger partial charge in [0.05, 0.1) is 6.42 Å². The topological polar surface area (TPSA) is 63.2 Å². The number of hydrogen-bond donors (Lipinski definition) is 1. The largest absolute Gasteiger partial charge is 0.274 e. The van der Waals surface area contributed by atoms with Gasteiger partial charge in [-0.3, -0.25) is 4.79 Å². The van der Waals surface area contributed by atoms with Crippen molar-refractivity contribution in [1.82, 2.24) is 4.72 Å². The van der Waals surface area contributed by atoms with Crippen LogP contribution in [-0.2, 0) is 21.2 Å². The third kappa shape index (κ3) is 4.02. The summed E-state index contributed by atoms with van der Waals surface area (Å²) in [6, 6.07) is 5.96. The van der Waals surface area contributed by atoms with Crippen molar-refractivity contribution in [2.75, 3.05) is 0 Å². The van der Waals surface area contributed by atoms with Crippen LogP contribution in [0.2, 0.25) is 5.02 Å². The van der Waals surface area contributed by atoms with Crippen molar-refractivity contribution < 1.29 is 26.4 Å². The minimum absolute atomic E-state index is 0.0189. The lowest BCUT2D eigenvalue weighted by molar-refractivity contribution is -0.118. The lowest BCUT2D eigenvalue weighted by Crippen LogP contribution is -2.32. The first-order valence-electron chi connectivity index (χ1n) is 6.14. The summed E-state index contributed by atoms with van der Waals surface area (Å²) in [5.74, 6) is -4.70. The van der Waals surface area contributed by atoms with Gasteiger partial charge in [-0.25, -0.2) is 26.3 Å². The Morgan fingerprint density at radius 3 is 2.43 bits per heavy atom. The third-order valence-corrected chi connectivity index (χ3v) is 4.46. The van der Waals surface area contributed by atoms with Gasteiger partial charge in [0.25, 0.3) is 10.0 Å². The Morgan fingerprint density at radius 2 is 1.78 bits per heavy atom. The number of hydrogen-bond acceptors (Lipinski definition) is 3. The van der Waals surface area contributed by atoms with E-state index in [-0.39, 0.29) is 10.6 Å². The summed E-state index contributed by atoms with van der Waals surface area (Å²) in [7, 11) is -4.50. The predicted octanol–water partition coefficient (Wildman–Crippen LogP) is 2.80. The Labute approximate surface area is 134 Å². The van der Waals surface area contributed by atoms with Crippen molar-refractivity contribution in [3.05, 3.63) is 64.4 Å². The zero-order chi connectivity index (χ0) is 17.2. The molecule has 23 heavy (non-hydrogen) atoms. The van der Waals surface area contributed by atoms with E-state index < -0.39 is 44.7 Å². The van der Waals surface area contributed by atoms with Crippen LogP contribution in [0.1, 0.15) is 5.56 Å². The molecule has 0 saturated carbocycles. The van der Waals surface area contributed by atoms with Crippen molar-refractivity contribution in [3.63, 3.8) is 0 Å². The fraction of sp³-hybridized carbons (Fsp3) is 0.0714. The lowest BCUT2D eigenvalue weighted by Gasteiger charge is -2.08. The van der Waals surface area contributed by atoms with E-state index in [0.29, 0.717) is 0 Å². The molecule has 2 rings (SSSR count). The summed E-state index contributed by atoms with van der Waals surface area (Å²) in [6.45, 7) is 0. The summed E-state index contributed by atoms with van der Waals surface area (Å²) in [6.07, 6.45) is -0.724. The summed E-state index contributed by atoms with van der Waals surface area (Å²) in [5, 5.41) is -0.0189. The molecule has 2 aromatic rings. The molecule has 122 valence electrons. The minimum Gasteiger partial charge on any atom is -0.274 e. The molecule has 1 N–H and O–H groups in total. The maximum absolute atomic E-state index is 13.6. The highest BCUT2D eigenvalue weighted by Gasteiger charge is 2.22. The molecular weight excluding hydrogens is 355 g/mol. The van der Waals surface area contributed by atoms with E-state index in [9.17, 15) is 26.4 Å². The number of halogens is 4. The smallest absolute Gasteiger partial charge is 0.266 e. The van der Waals surface area contributed by atoms with Crippen molar-refractivity contribution in [2.45, 2.75) is 11.3 Å². The summed E-state index contributed by atoms with van der Waals surface area (Å²) in [5.41, 5.74) is -0.325. The van der Waals surface area contributed by atoms with E-state index in [2.05, 4.69) is 0 Å². The number of carbonyl (C=O) groups excluding carboxylic acids is 1. The first kappa shape index (κ1) is 17.3. The van der Waals surface area contributed by atoms with E-state index in [1.165, 1.54) is 6.07 Å². The van der Waals surface area contributed by atoms with Gasteiger partial charge < -0.3 is 0 Å². The van der Waals surface area contributed by atoms with Gasteiger partial charge in [-0.1, -0.05) is 23.7 Å². The van der Waals surface area contributed by atoms with E-state index in [0.717, 1.165) is 30.3 Å². The highest BCUT2D eigenvalue weighted by Crippen LogP contribution is 2.19. The van der Waals surface area contributed by atoms with Gasteiger partial charge >= 0.3 is 0 Å². The summed E-state index contributed by atoms with van der Waals surface area (Å²) in [4.78, 5) is 10.9. The standard InChI is InChI=1S/C14H9ClF3NO3S/c15-9-4-5-12(11(17)7-9)23(21,22)19-13(20)6-8-2-1-3-10(16)14(8)18/h1-5,7H,6H2,(H,19,20). The van der Waals surface area contributed by atoms with Crippen LogP contribution in [0.3, 0.4) is 0 Å². The predicted molar refractivity (Wildman–Crippen MR) is 76.8 cm³/mol. The second-order valence-electron chi connectivity index (χ2n) is 4.49. The molecule has 0 heterocycles. The number of amides is 1. The van der Waals surface area contributed by atoms with Crippen LogP contribution in [-0.4, -0.2) is 14.3 Å². The van der Waals surface area contributed by atoms with Gasteiger partial charge in [-0.15, -0.1) is 0 Å². The first-order valence-corrected chi connectivity index (χ1v) is 8.00. The molecule has 0 atom stereocenters. The van der Waals surface area contributed by atoms with Crippen molar-refractivity contribution >= 4 is 27.5 Å². The van der Waals surface area contributed by atoms with Gasteiger partial charge in [0.1, 0.15) is 10.7 Å². The molecule has 0 radical (unpaired) electrons. The Bertz CT molecular complexity index is 872. The number of sulfonamides is 1. The molecule has 0 spiro atoms. The summed E-state index contributed by atoms with van der Waals surface area (Å²) >= 11 is 5.51. The molecule has 4 nitrogen and oxygen atoms in total. The molecule has 0 aliphatic heterocycles. The van der Waals surface area contributed by atoms with Gasteiger partial charge in [-0.2, -0.15) is 0 Å². The zero-order valence-electron chi connectivity index (χ0n) is 11.3. The Kier molecular flexibility index (Phi) is 4.96. The molecule has 0 aliphatic rings. The summed E-state index contributed by atoms with van der Waals surface area (Å²) < 4.78 is 65.6. The van der Waals surface area contributed by atoms with Crippen LogP contribution in [0.25, 0.3) is 0 Å². The molecule has 2 aromatic carbocycles. The van der Waals surface area contributed by atoms with Crippen LogP contribution in [0.15, 0.2) is 41.3 Å². The highest BCUT2D eigenvalue weighted by molar-refractivity contribution is 7.90. The molecular formula is C14H9ClF3NO3S. The van der Waals surface area contributed by atoms with E-state index in [4.69, 9.17) is 11.6 Å². The molecule has 0 fully saturated rings. The highest BCUT2D eigenvalue weighted by atomic mass is 35.5. The average Bonchev–Trinajstić information content (AvgIpc) is 2.42. The van der Waals surface area contributed by atoms with Crippen LogP contribution in [0, 0.1) is 17.5 Å². The van der Waals surface area contributed by atoms with Gasteiger partial charge in [-0.05, 0) is 24.3 Å². The average molecular weight is 364 g/mol. The maximum Gasteiger partial charge on any atom is 0.266 e. The molecule has 0 aromatic heterocycles. The number of benzene rings is 2. The maximum atomic E-state index is 13.6. The Morgan fingerprint density at radius 1 is 1.09 bits per heavy atom. The molecule has 9 heteroatoms. The molecule has 0 saturated heterocycles. The van der Waals surface area contributed by atoms with E-state index in [1.54, 1.807) is 4.72 Å². The minimum atomic E-state index is -4.50. The molecule has 0 aliphatic carbocycles. The van der Waals surface area contributed by atoms with Crippen molar-refractivity contribution in [1.29, 1.82) is 0 Å². The van der Waals surface area contributed by atoms with Crippen LogP contribution < -0.4 is 4.72 Å². The van der Waals surface area contributed by atoms with E-state index >= 15 is 0 Å². The van der Waals surface area contributed by atoms with Crippen molar-refractivity contribution in [2.24, 2.45) is 0 Å². The van der Waals surface area contributed by atoms with Crippen LogP contribution >= 0.6 is 11.6 Å². The van der Waals surface area contributed by atoms with Crippen LogP contribution in [0.4, 0.5) is 13.2 Å². The van der Waals surface area contributed by atoms with Gasteiger partial charge in [0, 0.05) is 10.6 Å². The quantitative estimate of drug-likeness (QED) is 0.908. The normalized spacial score (nSPS) is 11.3. The number of nitrogens with one attached hydrogen (secondary N) is 1. The number of rotatable bonds is 4. The third-order valence-electron chi connectivity index (χ3n) is 2.81.